The van der Waals surface area contributed by atoms with Gasteiger partial charge >= 0.3 is 0 Å². The molecule has 0 radical (unpaired) electrons. The highest BCUT2D eigenvalue weighted by molar-refractivity contribution is 6.32. The summed E-state index contributed by atoms with van der Waals surface area (Å²) >= 11 is 6.26. The molecule has 6 heterocycles. The molecule has 0 bridgehead atoms. The van der Waals surface area contributed by atoms with Crippen molar-refractivity contribution in [2.45, 2.75) is 63.5 Å². The van der Waals surface area contributed by atoms with Crippen LogP contribution in [0.25, 0.3) is 0 Å². The van der Waals surface area contributed by atoms with Gasteiger partial charge in [0.1, 0.15) is 12.1 Å². The molecule has 5 fully saturated rings. The Morgan fingerprint density at radius 3 is 2.12 bits per heavy atom. The molecule has 59 heavy (non-hydrogen) atoms. The Labute approximate surface area is 349 Å². The van der Waals surface area contributed by atoms with Gasteiger partial charge in [-0.1, -0.05) is 23.4 Å². The summed E-state index contributed by atoms with van der Waals surface area (Å²) < 4.78 is 0. The second-order valence-corrected chi connectivity index (χ2v) is 17.4. The zero-order chi connectivity index (χ0) is 40.8. The molecule has 1 spiro atoms. The van der Waals surface area contributed by atoms with E-state index in [0.717, 1.165) is 113 Å². The molecule has 0 aliphatic carbocycles. The first kappa shape index (κ1) is 38.8. The van der Waals surface area contributed by atoms with Crippen LogP contribution in [0.3, 0.4) is 0 Å². The standard InChI is InChI=1S/C46H46ClN7O5/c47-39-26-36(8-7-33(39)27-48)53-28-46(29-53)17-23-52(24-18-46)43(57)32-5-3-30(4-6-32)1-2-31-13-19-50(20-14-31)34-15-21-51(22-16-34)35-9-10-37-38(25-35)45(59)54(44(37)58)40-11-12-41(55)49-42(40)56/h3-10,25-26,31,34,40H,11-24,28-29H2,(H,49,55,56). The number of rotatable bonds is 5. The van der Waals surface area contributed by atoms with Gasteiger partial charge in [0, 0.05) is 85.6 Å². The van der Waals surface area contributed by atoms with Gasteiger partial charge in [-0.2, -0.15) is 5.26 Å². The van der Waals surface area contributed by atoms with Crippen molar-refractivity contribution >= 4 is 52.5 Å². The second kappa shape index (κ2) is 15.8. The van der Waals surface area contributed by atoms with Crippen molar-refractivity contribution in [3.8, 4) is 17.9 Å². The lowest BCUT2D eigenvalue weighted by Gasteiger charge is -2.55. The average Bonchev–Trinajstić information content (AvgIpc) is 3.50. The van der Waals surface area contributed by atoms with E-state index in [1.54, 1.807) is 18.2 Å². The molecule has 3 aromatic rings. The van der Waals surface area contributed by atoms with Gasteiger partial charge in [0.2, 0.25) is 11.8 Å². The van der Waals surface area contributed by atoms with Crippen LogP contribution in [0.1, 0.15) is 93.6 Å². The van der Waals surface area contributed by atoms with E-state index >= 15 is 0 Å². The molecule has 3 aromatic carbocycles. The summed E-state index contributed by atoms with van der Waals surface area (Å²) in [5.74, 6) is 5.32. The molecule has 5 saturated heterocycles. The largest absolute Gasteiger partial charge is 0.371 e. The van der Waals surface area contributed by atoms with Crippen LogP contribution in [0.5, 0.6) is 0 Å². The smallest absolute Gasteiger partial charge is 0.262 e. The molecule has 13 heteroatoms. The predicted octanol–water partition coefficient (Wildman–Crippen LogP) is 5.09. The highest BCUT2D eigenvalue weighted by Crippen LogP contribution is 2.43. The maximum Gasteiger partial charge on any atom is 0.262 e. The summed E-state index contributed by atoms with van der Waals surface area (Å²) in [6.07, 6.45) is 6.21. The first-order valence-electron chi connectivity index (χ1n) is 20.8. The molecule has 0 aromatic heterocycles. The van der Waals surface area contributed by atoms with Crippen molar-refractivity contribution < 1.29 is 24.0 Å². The van der Waals surface area contributed by atoms with Gasteiger partial charge in [-0.05, 0) is 119 Å². The third-order valence-electron chi connectivity index (χ3n) is 13.5. The average molecular weight is 812 g/mol. The van der Waals surface area contributed by atoms with E-state index in [9.17, 15) is 29.2 Å². The van der Waals surface area contributed by atoms with Gasteiger partial charge in [-0.15, -0.1) is 0 Å². The molecule has 0 saturated carbocycles. The van der Waals surface area contributed by atoms with Crippen LogP contribution in [-0.4, -0.2) is 109 Å². The van der Waals surface area contributed by atoms with E-state index in [-0.39, 0.29) is 30.1 Å². The molecule has 6 aliphatic heterocycles. The van der Waals surface area contributed by atoms with Gasteiger partial charge in [-0.3, -0.25) is 34.2 Å². The lowest BCUT2D eigenvalue weighted by Crippen LogP contribution is -2.61. The molecule has 6 aliphatic rings. The number of nitrogens with zero attached hydrogens (tertiary/aromatic N) is 6. The number of nitrogens with one attached hydrogen (secondary N) is 1. The number of anilines is 2. The first-order valence-corrected chi connectivity index (χ1v) is 21.2. The normalized spacial score (nSPS) is 22.4. The van der Waals surface area contributed by atoms with Gasteiger partial charge in [0.15, 0.2) is 0 Å². The summed E-state index contributed by atoms with van der Waals surface area (Å²) in [6.45, 7) is 7.05. The molecule has 1 unspecified atom stereocenters. The summed E-state index contributed by atoms with van der Waals surface area (Å²) in [4.78, 5) is 74.1. The number of hydrogen-bond acceptors (Lipinski definition) is 9. The van der Waals surface area contributed by atoms with E-state index in [1.165, 1.54) is 0 Å². The fourth-order valence-electron chi connectivity index (χ4n) is 9.86. The van der Waals surface area contributed by atoms with Crippen molar-refractivity contribution in [2.75, 3.05) is 62.2 Å². The number of imide groups is 2. The Balaban J connectivity index is 0.712. The Morgan fingerprint density at radius 2 is 1.44 bits per heavy atom. The van der Waals surface area contributed by atoms with E-state index < -0.39 is 23.8 Å². The minimum Gasteiger partial charge on any atom is -0.371 e. The van der Waals surface area contributed by atoms with Crippen LogP contribution >= 0.6 is 11.6 Å². The number of benzene rings is 3. The summed E-state index contributed by atoms with van der Waals surface area (Å²) in [5.41, 5.74) is 4.88. The number of piperidine rings is 4. The maximum atomic E-state index is 13.4. The highest BCUT2D eigenvalue weighted by atomic mass is 35.5. The van der Waals surface area contributed by atoms with Gasteiger partial charge in [0.25, 0.3) is 17.7 Å². The highest BCUT2D eigenvalue weighted by Gasteiger charge is 2.46. The molecule has 302 valence electrons. The molecule has 12 nitrogen and oxygen atoms in total. The summed E-state index contributed by atoms with van der Waals surface area (Å²) in [7, 11) is 0. The van der Waals surface area contributed by atoms with Crippen LogP contribution in [0.15, 0.2) is 60.7 Å². The Hall–Kier alpha value is -5.69. The van der Waals surface area contributed by atoms with E-state index in [2.05, 4.69) is 37.9 Å². The minimum absolute atomic E-state index is 0.0739. The van der Waals surface area contributed by atoms with Crippen LogP contribution in [-0.2, 0) is 9.59 Å². The Morgan fingerprint density at radius 1 is 0.763 bits per heavy atom. The third kappa shape index (κ3) is 7.56. The quantitative estimate of drug-likeness (QED) is 0.276. The van der Waals surface area contributed by atoms with E-state index in [1.807, 2.05) is 47.4 Å². The van der Waals surface area contributed by atoms with Crippen molar-refractivity contribution in [1.29, 1.82) is 5.26 Å². The lowest BCUT2D eigenvalue weighted by molar-refractivity contribution is -0.136. The second-order valence-electron chi connectivity index (χ2n) is 17.0. The number of halogens is 1. The van der Waals surface area contributed by atoms with E-state index in [4.69, 9.17) is 11.6 Å². The number of likely N-dealkylation sites (tertiary alicyclic amines) is 2. The monoisotopic (exact) mass is 811 g/mol. The number of nitriles is 1. The van der Waals surface area contributed by atoms with Gasteiger partial charge < -0.3 is 19.6 Å². The number of carbonyl (C=O) groups excluding carboxylic acids is 5. The number of amides is 5. The summed E-state index contributed by atoms with van der Waals surface area (Å²) in [6, 6.07) is 20.3. The number of carbonyl (C=O) groups is 5. The number of hydrogen-bond donors (Lipinski definition) is 1. The molecule has 5 amide bonds. The third-order valence-corrected chi connectivity index (χ3v) is 13.8. The fourth-order valence-corrected chi connectivity index (χ4v) is 10.1. The number of fused-ring (bicyclic) bond motifs is 1. The van der Waals surface area contributed by atoms with Crippen molar-refractivity contribution in [2.24, 2.45) is 11.3 Å². The lowest BCUT2D eigenvalue weighted by atomic mass is 9.71. The van der Waals surface area contributed by atoms with Crippen molar-refractivity contribution in [1.82, 2.24) is 20.0 Å². The van der Waals surface area contributed by atoms with Crippen LogP contribution in [0.2, 0.25) is 5.02 Å². The molecular weight excluding hydrogens is 766 g/mol. The minimum atomic E-state index is -0.969. The zero-order valence-corrected chi connectivity index (χ0v) is 33.7. The zero-order valence-electron chi connectivity index (χ0n) is 32.9. The molecular formula is C46H46ClN7O5. The SMILES string of the molecule is N#Cc1ccc(N2CC3(CCN(C(=O)c4ccc(C#CC5CCN(C6CCN(c7ccc8c(c7)C(=O)N(C7CCC(=O)NC7=O)C8=O)CC6)CC5)cc4)CC3)C2)cc1Cl. The van der Waals surface area contributed by atoms with Crippen LogP contribution < -0.4 is 15.1 Å². The molecule has 1 N–H and O–H groups in total. The van der Waals surface area contributed by atoms with E-state index in [0.29, 0.717) is 39.2 Å². The summed E-state index contributed by atoms with van der Waals surface area (Å²) in [5, 5.41) is 11.9. The Kier molecular flexibility index (Phi) is 10.4. The molecule has 1 atom stereocenters. The van der Waals surface area contributed by atoms with Crippen LogP contribution in [0, 0.1) is 34.5 Å². The van der Waals surface area contributed by atoms with Gasteiger partial charge in [-0.25, -0.2) is 0 Å². The molecule has 9 rings (SSSR count). The topological polar surface area (TPSA) is 137 Å². The van der Waals surface area contributed by atoms with Crippen LogP contribution in [0.4, 0.5) is 11.4 Å². The maximum absolute atomic E-state index is 13.4. The van der Waals surface area contributed by atoms with Gasteiger partial charge in [0.05, 0.1) is 21.7 Å². The Bertz CT molecular complexity index is 2310. The first-order chi connectivity index (χ1) is 28.6. The predicted molar refractivity (Wildman–Crippen MR) is 222 cm³/mol. The van der Waals surface area contributed by atoms with Crippen molar-refractivity contribution in [3.63, 3.8) is 0 Å². The van der Waals surface area contributed by atoms with Crippen molar-refractivity contribution in [3.05, 3.63) is 93.5 Å². The fraction of sp³-hybridized carbons (Fsp3) is 0.435.